The molecule has 0 aliphatic rings. The number of hydrogen-bond donors (Lipinski definition) is 1. The van der Waals surface area contributed by atoms with Gasteiger partial charge >= 0.3 is 0 Å². The van der Waals surface area contributed by atoms with Gasteiger partial charge in [-0.3, -0.25) is 0 Å². The van der Waals surface area contributed by atoms with Gasteiger partial charge < -0.3 is 14.3 Å². The summed E-state index contributed by atoms with van der Waals surface area (Å²) in [5, 5.41) is 9.57. The Balaban J connectivity index is 1.67. The summed E-state index contributed by atoms with van der Waals surface area (Å²) in [6.45, 7) is 1.94. The zero-order valence-electron chi connectivity index (χ0n) is 12.6. The molecule has 1 aromatic heterocycles. The number of halogens is 1. The van der Waals surface area contributed by atoms with Crippen LogP contribution in [0, 0.1) is 5.82 Å². The molecule has 2 aromatic carbocycles. The zero-order valence-corrected chi connectivity index (χ0v) is 12.6. The first-order valence-corrected chi connectivity index (χ1v) is 7.23. The molecule has 23 heavy (non-hydrogen) atoms. The van der Waals surface area contributed by atoms with Crippen LogP contribution in [0.2, 0.25) is 0 Å². The van der Waals surface area contributed by atoms with E-state index in [1.807, 2.05) is 18.2 Å². The number of ether oxygens (including phenoxy) is 1. The highest BCUT2D eigenvalue weighted by molar-refractivity contribution is 5.52. The number of hydrogen-bond acceptors (Lipinski definition) is 4. The maximum atomic E-state index is 12.9. The molecular formula is C18H16FNO3. The molecule has 0 amide bonds. The lowest BCUT2D eigenvalue weighted by Gasteiger charge is -2.08. The van der Waals surface area contributed by atoms with Crippen molar-refractivity contribution in [1.29, 1.82) is 0 Å². The standard InChI is InChI=1S/C18H16FNO3/c1-12(21)14-3-2-4-17(9-14)22-10-16-11-23-18(20-16)13-5-7-15(19)8-6-13/h2-9,11-12,21H,10H2,1H3. The van der Waals surface area contributed by atoms with Crippen molar-refractivity contribution in [2.45, 2.75) is 19.6 Å². The van der Waals surface area contributed by atoms with Gasteiger partial charge in [-0.15, -0.1) is 0 Å². The fraction of sp³-hybridized carbons (Fsp3) is 0.167. The minimum Gasteiger partial charge on any atom is -0.487 e. The second kappa shape index (κ2) is 6.62. The van der Waals surface area contributed by atoms with E-state index in [4.69, 9.17) is 9.15 Å². The van der Waals surface area contributed by atoms with E-state index >= 15 is 0 Å². The first-order valence-electron chi connectivity index (χ1n) is 7.23. The van der Waals surface area contributed by atoms with Crippen molar-refractivity contribution in [2.24, 2.45) is 0 Å². The van der Waals surface area contributed by atoms with Crippen molar-refractivity contribution in [2.75, 3.05) is 0 Å². The number of benzene rings is 2. The fourth-order valence-electron chi connectivity index (χ4n) is 2.12. The van der Waals surface area contributed by atoms with Crippen LogP contribution in [0.4, 0.5) is 4.39 Å². The van der Waals surface area contributed by atoms with Gasteiger partial charge in [-0.25, -0.2) is 9.37 Å². The molecular weight excluding hydrogens is 297 g/mol. The van der Waals surface area contributed by atoms with Crippen molar-refractivity contribution >= 4 is 0 Å². The van der Waals surface area contributed by atoms with Gasteiger partial charge in [-0.2, -0.15) is 0 Å². The Bertz CT molecular complexity index is 781. The average Bonchev–Trinajstić information content (AvgIpc) is 3.03. The van der Waals surface area contributed by atoms with Crippen LogP contribution in [0.5, 0.6) is 5.75 Å². The lowest BCUT2D eigenvalue weighted by atomic mass is 10.1. The van der Waals surface area contributed by atoms with E-state index in [9.17, 15) is 9.50 Å². The van der Waals surface area contributed by atoms with Crippen LogP contribution in [0.15, 0.2) is 59.2 Å². The van der Waals surface area contributed by atoms with Crippen LogP contribution >= 0.6 is 0 Å². The molecule has 5 heteroatoms. The zero-order chi connectivity index (χ0) is 16.2. The number of rotatable bonds is 5. The van der Waals surface area contributed by atoms with E-state index in [0.29, 0.717) is 22.9 Å². The molecule has 3 aromatic rings. The Morgan fingerprint density at radius 1 is 1.22 bits per heavy atom. The molecule has 3 rings (SSSR count). The van der Waals surface area contributed by atoms with Crippen LogP contribution in [-0.4, -0.2) is 10.1 Å². The molecule has 1 atom stereocenters. The largest absolute Gasteiger partial charge is 0.487 e. The van der Waals surface area contributed by atoms with Gasteiger partial charge in [-0.05, 0) is 48.9 Å². The van der Waals surface area contributed by atoms with Crippen molar-refractivity contribution in [3.05, 3.63) is 71.9 Å². The van der Waals surface area contributed by atoms with Gasteiger partial charge in [0.1, 0.15) is 30.1 Å². The first-order chi connectivity index (χ1) is 11.1. The number of aromatic nitrogens is 1. The average molecular weight is 313 g/mol. The van der Waals surface area contributed by atoms with E-state index < -0.39 is 6.10 Å². The third-order valence-electron chi connectivity index (χ3n) is 3.37. The highest BCUT2D eigenvalue weighted by Crippen LogP contribution is 2.22. The molecule has 0 fully saturated rings. The number of aliphatic hydroxyl groups is 1. The normalized spacial score (nSPS) is 12.1. The molecule has 0 spiro atoms. The Morgan fingerprint density at radius 2 is 2.00 bits per heavy atom. The monoisotopic (exact) mass is 313 g/mol. The maximum Gasteiger partial charge on any atom is 0.226 e. The van der Waals surface area contributed by atoms with E-state index in [2.05, 4.69) is 4.98 Å². The molecule has 0 radical (unpaired) electrons. The second-order valence-corrected chi connectivity index (χ2v) is 5.19. The van der Waals surface area contributed by atoms with Crippen molar-refractivity contribution in [3.8, 4) is 17.2 Å². The smallest absolute Gasteiger partial charge is 0.226 e. The minimum absolute atomic E-state index is 0.244. The predicted octanol–water partition coefficient (Wildman–Crippen LogP) is 4.11. The SMILES string of the molecule is CC(O)c1cccc(OCc2coc(-c3ccc(F)cc3)n2)c1. The van der Waals surface area contributed by atoms with E-state index in [-0.39, 0.29) is 12.4 Å². The van der Waals surface area contributed by atoms with Crippen LogP contribution in [0.25, 0.3) is 11.5 Å². The van der Waals surface area contributed by atoms with Crippen molar-refractivity contribution < 1.29 is 18.7 Å². The summed E-state index contributed by atoms with van der Waals surface area (Å²) in [5.41, 5.74) is 2.12. The Hall–Kier alpha value is -2.66. The summed E-state index contributed by atoms with van der Waals surface area (Å²) in [5.74, 6) is 0.762. The molecule has 0 saturated carbocycles. The highest BCUT2D eigenvalue weighted by Gasteiger charge is 2.08. The van der Waals surface area contributed by atoms with Crippen molar-refractivity contribution in [1.82, 2.24) is 4.98 Å². The van der Waals surface area contributed by atoms with Gasteiger partial charge in [-0.1, -0.05) is 12.1 Å². The predicted molar refractivity (Wildman–Crippen MR) is 83.3 cm³/mol. The van der Waals surface area contributed by atoms with Crippen LogP contribution in [-0.2, 0) is 6.61 Å². The van der Waals surface area contributed by atoms with Crippen molar-refractivity contribution in [3.63, 3.8) is 0 Å². The number of oxazole rings is 1. The second-order valence-electron chi connectivity index (χ2n) is 5.19. The molecule has 0 saturated heterocycles. The quantitative estimate of drug-likeness (QED) is 0.770. The Labute approximate surface area is 133 Å². The minimum atomic E-state index is -0.546. The van der Waals surface area contributed by atoms with Gasteiger partial charge in [0.15, 0.2) is 0 Å². The van der Waals surface area contributed by atoms with Gasteiger partial charge in [0, 0.05) is 5.56 Å². The summed E-state index contributed by atoms with van der Waals surface area (Å²) >= 11 is 0. The molecule has 118 valence electrons. The van der Waals surface area contributed by atoms with E-state index in [1.165, 1.54) is 18.4 Å². The highest BCUT2D eigenvalue weighted by atomic mass is 19.1. The first kappa shape index (κ1) is 15.2. The summed E-state index contributed by atoms with van der Waals surface area (Å²) in [4.78, 5) is 4.32. The number of aliphatic hydroxyl groups excluding tert-OH is 1. The summed E-state index contributed by atoms with van der Waals surface area (Å²) in [6.07, 6.45) is 0.965. The third-order valence-corrected chi connectivity index (χ3v) is 3.37. The summed E-state index contributed by atoms with van der Waals surface area (Å²) in [7, 11) is 0. The molecule has 1 N–H and O–H groups in total. The summed E-state index contributed by atoms with van der Waals surface area (Å²) < 4.78 is 24.0. The van der Waals surface area contributed by atoms with Gasteiger partial charge in [0.25, 0.3) is 0 Å². The lowest BCUT2D eigenvalue weighted by Crippen LogP contribution is -1.97. The topological polar surface area (TPSA) is 55.5 Å². The van der Waals surface area contributed by atoms with Crippen LogP contribution in [0.1, 0.15) is 24.3 Å². The summed E-state index contributed by atoms with van der Waals surface area (Å²) in [6, 6.07) is 13.2. The van der Waals surface area contributed by atoms with Gasteiger partial charge in [0.05, 0.1) is 6.10 Å². The van der Waals surface area contributed by atoms with E-state index in [0.717, 1.165) is 5.56 Å². The molecule has 0 aliphatic heterocycles. The fourth-order valence-corrected chi connectivity index (χ4v) is 2.12. The number of nitrogens with zero attached hydrogens (tertiary/aromatic N) is 1. The lowest BCUT2D eigenvalue weighted by molar-refractivity contribution is 0.198. The Kier molecular flexibility index (Phi) is 4.39. The van der Waals surface area contributed by atoms with E-state index in [1.54, 1.807) is 25.1 Å². The molecule has 0 bridgehead atoms. The Morgan fingerprint density at radius 3 is 2.74 bits per heavy atom. The van der Waals surface area contributed by atoms with Crippen LogP contribution < -0.4 is 4.74 Å². The molecule has 0 aliphatic carbocycles. The molecule has 4 nitrogen and oxygen atoms in total. The molecule has 1 heterocycles. The third kappa shape index (κ3) is 3.76. The molecule has 1 unspecified atom stereocenters. The maximum absolute atomic E-state index is 12.9. The van der Waals surface area contributed by atoms with Gasteiger partial charge in [0.2, 0.25) is 5.89 Å². The van der Waals surface area contributed by atoms with Crippen LogP contribution in [0.3, 0.4) is 0 Å².